The lowest BCUT2D eigenvalue weighted by atomic mass is 10.2. The Bertz CT molecular complexity index is 537. The third kappa shape index (κ3) is 4.99. The van der Waals surface area contributed by atoms with Crippen molar-refractivity contribution in [2.45, 2.75) is 30.2 Å². The summed E-state index contributed by atoms with van der Waals surface area (Å²) in [4.78, 5) is 2.05. The second-order valence-corrected chi connectivity index (χ2v) is 6.38. The van der Waals surface area contributed by atoms with E-state index in [1.54, 1.807) is 23.9 Å². The molecule has 2 aromatic rings. The highest BCUT2D eigenvalue weighted by atomic mass is 32.2. The summed E-state index contributed by atoms with van der Waals surface area (Å²) in [5.74, 6) is 0.474. The van der Waals surface area contributed by atoms with E-state index in [-0.39, 0.29) is 5.82 Å². The van der Waals surface area contributed by atoms with Crippen LogP contribution in [0.15, 0.2) is 58.3 Å². The Balaban J connectivity index is 1.91. The van der Waals surface area contributed by atoms with Crippen LogP contribution in [0.5, 0.6) is 0 Å². The van der Waals surface area contributed by atoms with E-state index in [1.165, 1.54) is 11.6 Å². The molecule has 0 unspecified atom stereocenters. The molecule has 1 nitrogen and oxygen atoms in total. The van der Waals surface area contributed by atoms with Crippen molar-refractivity contribution in [3.05, 3.63) is 59.9 Å². The van der Waals surface area contributed by atoms with E-state index in [1.807, 2.05) is 6.07 Å². The molecule has 20 heavy (non-hydrogen) atoms. The van der Waals surface area contributed by atoms with Crippen LogP contribution in [0, 0.1) is 11.7 Å². The van der Waals surface area contributed by atoms with Crippen molar-refractivity contribution in [3.8, 4) is 0 Å². The predicted octanol–water partition coefficient (Wildman–Crippen LogP) is 4.72. The topological polar surface area (TPSA) is 12.0 Å². The van der Waals surface area contributed by atoms with E-state index >= 15 is 0 Å². The van der Waals surface area contributed by atoms with Crippen LogP contribution < -0.4 is 5.32 Å². The molecule has 0 spiro atoms. The van der Waals surface area contributed by atoms with Crippen LogP contribution in [-0.2, 0) is 6.54 Å². The van der Waals surface area contributed by atoms with Crippen LogP contribution in [0.2, 0.25) is 0 Å². The first-order valence-corrected chi connectivity index (χ1v) is 7.68. The first-order chi connectivity index (χ1) is 9.63. The summed E-state index contributed by atoms with van der Waals surface area (Å²) >= 11 is 1.58. The SMILES string of the molecule is CC(C)CNCc1ccc(Sc2cccc(F)c2)cc1. The van der Waals surface area contributed by atoms with Crippen LogP contribution in [0.25, 0.3) is 0 Å². The molecule has 2 rings (SSSR count). The molecule has 0 saturated carbocycles. The lowest BCUT2D eigenvalue weighted by Gasteiger charge is -2.08. The lowest BCUT2D eigenvalue weighted by molar-refractivity contribution is 0.552. The van der Waals surface area contributed by atoms with E-state index in [4.69, 9.17) is 0 Å². The van der Waals surface area contributed by atoms with Crippen molar-refractivity contribution in [1.82, 2.24) is 5.32 Å². The van der Waals surface area contributed by atoms with Gasteiger partial charge in [0.25, 0.3) is 0 Å². The van der Waals surface area contributed by atoms with Crippen LogP contribution in [0.3, 0.4) is 0 Å². The first kappa shape index (κ1) is 15.1. The summed E-state index contributed by atoms with van der Waals surface area (Å²) in [5.41, 5.74) is 1.27. The Hall–Kier alpha value is -1.32. The van der Waals surface area contributed by atoms with Crippen LogP contribution in [0.1, 0.15) is 19.4 Å². The first-order valence-electron chi connectivity index (χ1n) is 6.86. The maximum absolute atomic E-state index is 13.1. The minimum Gasteiger partial charge on any atom is -0.312 e. The maximum Gasteiger partial charge on any atom is 0.124 e. The van der Waals surface area contributed by atoms with Gasteiger partial charge in [-0.1, -0.05) is 43.8 Å². The fraction of sp³-hybridized carbons (Fsp3) is 0.294. The van der Waals surface area contributed by atoms with Gasteiger partial charge < -0.3 is 5.32 Å². The number of halogens is 1. The number of hydrogen-bond donors (Lipinski definition) is 1. The van der Waals surface area contributed by atoms with Gasteiger partial charge in [-0.05, 0) is 48.4 Å². The number of hydrogen-bond acceptors (Lipinski definition) is 2. The molecular weight excluding hydrogens is 269 g/mol. The van der Waals surface area contributed by atoms with Gasteiger partial charge in [0.15, 0.2) is 0 Å². The molecule has 3 heteroatoms. The zero-order valence-corrected chi connectivity index (χ0v) is 12.7. The number of nitrogens with one attached hydrogen (secondary N) is 1. The summed E-state index contributed by atoms with van der Waals surface area (Å²) in [6.07, 6.45) is 0. The minimum absolute atomic E-state index is 0.190. The molecule has 0 bridgehead atoms. The van der Waals surface area contributed by atoms with E-state index in [0.29, 0.717) is 5.92 Å². The second kappa shape index (κ2) is 7.46. The highest BCUT2D eigenvalue weighted by molar-refractivity contribution is 7.99. The molecule has 0 amide bonds. The Morgan fingerprint density at radius 2 is 1.80 bits per heavy atom. The van der Waals surface area contributed by atoms with Crippen LogP contribution in [-0.4, -0.2) is 6.54 Å². The zero-order chi connectivity index (χ0) is 14.4. The van der Waals surface area contributed by atoms with Gasteiger partial charge in [-0.25, -0.2) is 4.39 Å². The van der Waals surface area contributed by atoms with Gasteiger partial charge in [0.2, 0.25) is 0 Å². The standard InChI is InChI=1S/C17H20FNS/c1-13(2)11-19-12-14-6-8-16(9-7-14)20-17-5-3-4-15(18)10-17/h3-10,13,19H,11-12H2,1-2H3. The summed E-state index contributed by atoms with van der Waals surface area (Å²) in [6, 6.07) is 15.1. The molecule has 2 aromatic carbocycles. The molecule has 0 saturated heterocycles. The third-order valence-electron chi connectivity index (χ3n) is 2.84. The minimum atomic E-state index is -0.190. The van der Waals surface area contributed by atoms with Crippen molar-refractivity contribution >= 4 is 11.8 Å². The average molecular weight is 289 g/mol. The van der Waals surface area contributed by atoms with Gasteiger partial charge in [0, 0.05) is 16.3 Å². The fourth-order valence-electron chi connectivity index (χ4n) is 1.85. The average Bonchev–Trinajstić information content (AvgIpc) is 2.40. The van der Waals surface area contributed by atoms with Gasteiger partial charge in [-0.15, -0.1) is 0 Å². The second-order valence-electron chi connectivity index (χ2n) is 5.23. The fourth-order valence-corrected chi connectivity index (χ4v) is 2.71. The molecule has 0 radical (unpaired) electrons. The van der Waals surface area contributed by atoms with Gasteiger partial charge >= 0.3 is 0 Å². The Morgan fingerprint density at radius 3 is 2.45 bits per heavy atom. The van der Waals surface area contributed by atoms with Crippen molar-refractivity contribution < 1.29 is 4.39 Å². The van der Waals surface area contributed by atoms with E-state index < -0.39 is 0 Å². The molecule has 1 N–H and O–H groups in total. The normalized spacial score (nSPS) is 11.0. The molecule has 0 fully saturated rings. The molecule has 0 aliphatic rings. The van der Waals surface area contributed by atoms with Crippen molar-refractivity contribution in [3.63, 3.8) is 0 Å². The van der Waals surface area contributed by atoms with Gasteiger partial charge in [0.1, 0.15) is 5.82 Å². The highest BCUT2D eigenvalue weighted by Crippen LogP contribution is 2.28. The van der Waals surface area contributed by atoms with Crippen LogP contribution in [0.4, 0.5) is 4.39 Å². The molecule has 106 valence electrons. The van der Waals surface area contributed by atoms with E-state index in [0.717, 1.165) is 22.9 Å². The third-order valence-corrected chi connectivity index (χ3v) is 3.83. The number of benzene rings is 2. The summed E-state index contributed by atoms with van der Waals surface area (Å²) in [7, 11) is 0. The number of rotatable bonds is 6. The maximum atomic E-state index is 13.1. The Morgan fingerprint density at radius 1 is 1.05 bits per heavy atom. The summed E-state index contributed by atoms with van der Waals surface area (Å²) in [6.45, 7) is 6.32. The highest BCUT2D eigenvalue weighted by Gasteiger charge is 2.00. The van der Waals surface area contributed by atoms with E-state index in [9.17, 15) is 4.39 Å². The van der Waals surface area contributed by atoms with Gasteiger partial charge in [-0.2, -0.15) is 0 Å². The Labute approximate surface area is 124 Å². The molecular formula is C17H20FNS. The molecule has 0 atom stereocenters. The van der Waals surface area contributed by atoms with Crippen molar-refractivity contribution in [1.29, 1.82) is 0 Å². The van der Waals surface area contributed by atoms with E-state index in [2.05, 4.69) is 43.4 Å². The Kier molecular flexibility index (Phi) is 5.62. The monoisotopic (exact) mass is 289 g/mol. The van der Waals surface area contributed by atoms with Gasteiger partial charge in [-0.3, -0.25) is 0 Å². The molecule has 0 aliphatic carbocycles. The quantitative estimate of drug-likeness (QED) is 0.825. The smallest absolute Gasteiger partial charge is 0.124 e. The van der Waals surface area contributed by atoms with Crippen molar-refractivity contribution in [2.24, 2.45) is 5.92 Å². The zero-order valence-electron chi connectivity index (χ0n) is 11.9. The summed E-state index contributed by atoms with van der Waals surface area (Å²) < 4.78 is 13.1. The van der Waals surface area contributed by atoms with Crippen LogP contribution >= 0.6 is 11.8 Å². The van der Waals surface area contributed by atoms with Gasteiger partial charge in [0.05, 0.1) is 0 Å². The predicted molar refractivity (Wildman–Crippen MR) is 83.5 cm³/mol. The molecule has 0 aromatic heterocycles. The molecule has 0 heterocycles. The lowest BCUT2D eigenvalue weighted by Crippen LogP contribution is -2.18. The summed E-state index contributed by atoms with van der Waals surface area (Å²) in [5, 5.41) is 3.42. The van der Waals surface area contributed by atoms with Crippen molar-refractivity contribution in [2.75, 3.05) is 6.54 Å². The molecule has 0 aliphatic heterocycles. The largest absolute Gasteiger partial charge is 0.312 e.